The van der Waals surface area contributed by atoms with Gasteiger partial charge in [-0.15, -0.1) is 0 Å². The molecule has 0 amide bonds. The number of hydrogen-bond donors (Lipinski definition) is 1. The van der Waals surface area contributed by atoms with Crippen molar-refractivity contribution < 1.29 is 8.78 Å². The molecule has 3 heteroatoms. The van der Waals surface area contributed by atoms with Crippen molar-refractivity contribution in [2.75, 3.05) is 6.54 Å². The smallest absolute Gasteiger partial charge is 0.248 e. The van der Waals surface area contributed by atoms with Crippen molar-refractivity contribution in [2.45, 2.75) is 71.8 Å². The quantitative estimate of drug-likeness (QED) is 0.740. The topological polar surface area (TPSA) is 12.0 Å². The molecule has 0 spiro atoms. The number of nitrogens with one attached hydrogen (secondary N) is 1. The molecule has 1 aliphatic rings. The van der Waals surface area contributed by atoms with Gasteiger partial charge in [-0.2, -0.15) is 0 Å². The van der Waals surface area contributed by atoms with Gasteiger partial charge in [-0.1, -0.05) is 20.8 Å². The highest BCUT2D eigenvalue weighted by Gasteiger charge is 2.41. The molecule has 0 aliphatic heterocycles. The second kappa shape index (κ2) is 5.64. The van der Waals surface area contributed by atoms with Crippen molar-refractivity contribution in [1.29, 1.82) is 0 Å². The van der Waals surface area contributed by atoms with E-state index in [0.29, 0.717) is 12.5 Å². The lowest BCUT2D eigenvalue weighted by Crippen LogP contribution is -2.32. The molecule has 0 heterocycles. The summed E-state index contributed by atoms with van der Waals surface area (Å²) in [6.07, 6.45) is 2.88. The van der Waals surface area contributed by atoms with Crippen molar-refractivity contribution in [3.05, 3.63) is 0 Å². The molecule has 0 radical (unpaired) electrons. The summed E-state index contributed by atoms with van der Waals surface area (Å²) in [6, 6.07) is 0.469. The predicted molar refractivity (Wildman–Crippen MR) is 68.4 cm³/mol. The Morgan fingerprint density at radius 3 is 2.53 bits per heavy atom. The summed E-state index contributed by atoms with van der Waals surface area (Å²) < 4.78 is 26.3. The van der Waals surface area contributed by atoms with E-state index in [1.54, 1.807) is 0 Å². The minimum absolute atomic E-state index is 0.0938. The fourth-order valence-corrected chi connectivity index (χ4v) is 3.33. The number of rotatable bonds is 6. The van der Waals surface area contributed by atoms with E-state index in [2.05, 4.69) is 33.0 Å². The molecule has 17 heavy (non-hydrogen) atoms. The molecule has 0 aromatic heterocycles. The SMILES string of the molecule is CCNC(C)CC(C)(C)CC1CCC(F)(F)C1. The molecule has 1 aliphatic carbocycles. The van der Waals surface area contributed by atoms with Gasteiger partial charge >= 0.3 is 0 Å². The summed E-state index contributed by atoms with van der Waals surface area (Å²) >= 11 is 0. The van der Waals surface area contributed by atoms with Gasteiger partial charge in [0.2, 0.25) is 5.92 Å². The van der Waals surface area contributed by atoms with Crippen LogP contribution in [0.3, 0.4) is 0 Å². The van der Waals surface area contributed by atoms with Crippen LogP contribution in [0.5, 0.6) is 0 Å². The molecule has 0 aromatic carbocycles. The normalized spacial score (nSPS) is 26.1. The largest absolute Gasteiger partial charge is 0.315 e. The van der Waals surface area contributed by atoms with Crippen molar-refractivity contribution >= 4 is 0 Å². The summed E-state index contributed by atoms with van der Waals surface area (Å²) in [4.78, 5) is 0. The van der Waals surface area contributed by atoms with Crippen LogP contribution < -0.4 is 5.32 Å². The van der Waals surface area contributed by atoms with Gasteiger partial charge in [0.1, 0.15) is 0 Å². The Kier molecular flexibility index (Phi) is 4.94. The molecule has 1 rings (SSSR count). The third kappa shape index (κ3) is 5.33. The van der Waals surface area contributed by atoms with E-state index in [4.69, 9.17) is 0 Å². The summed E-state index contributed by atoms with van der Waals surface area (Å²) in [5, 5.41) is 3.39. The van der Waals surface area contributed by atoms with E-state index in [-0.39, 0.29) is 24.2 Å². The highest BCUT2D eigenvalue weighted by molar-refractivity contribution is 4.86. The average Bonchev–Trinajstić information content (AvgIpc) is 2.43. The maximum absolute atomic E-state index is 13.1. The molecule has 0 bridgehead atoms. The van der Waals surface area contributed by atoms with Gasteiger partial charge < -0.3 is 5.32 Å². The monoisotopic (exact) mass is 247 g/mol. The van der Waals surface area contributed by atoms with Gasteiger partial charge in [-0.05, 0) is 44.1 Å². The van der Waals surface area contributed by atoms with Gasteiger partial charge in [-0.3, -0.25) is 0 Å². The second-order valence-corrected chi connectivity index (χ2v) is 6.50. The Labute approximate surface area is 104 Å². The average molecular weight is 247 g/mol. The maximum atomic E-state index is 13.1. The van der Waals surface area contributed by atoms with Crippen LogP contribution in [0.1, 0.15) is 59.8 Å². The fourth-order valence-electron chi connectivity index (χ4n) is 3.33. The molecule has 1 saturated carbocycles. The van der Waals surface area contributed by atoms with Crippen LogP contribution in [0, 0.1) is 11.3 Å². The molecular formula is C14H27F2N. The molecular weight excluding hydrogens is 220 g/mol. The Morgan fingerprint density at radius 1 is 1.41 bits per heavy atom. The van der Waals surface area contributed by atoms with Crippen molar-refractivity contribution in [1.82, 2.24) is 5.32 Å². The van der Waals surface area contributed by atoms with E-state index in [1.807, 2.05) is 0 Å². The Hall–Kier alpha value is -0.180. The number of alkyl halides is 2. The third-order valence-corrected chi connectivity index (χ3v) is 3.76. The van der Waals surface area contributed by atoms with Crippen LogP contribution in [0.25, 0.3) is 0 Å². The second-order valence-electron chi connectivity index (χ2n) is 6.50. The molecule has 1 fully saturated rings. The summed E-state index contributed by atoms with van der Waals surface area (Å²) in [6.45, 7) is 9.66. The lowest BCUT2D eigenvalue weighted by molar-refractivity contribution is 0.00295. The van der Waals surface area contributed by atoms with Crippen LogP contribution in [0.2, 0.25) is 0 Å². The predicted octanol–water partition coefficient (Wildman–Crippen LogP) is 4.23. The summed E-state index contributed by atoms with van der Waals surface area (Å²) in [5.41, 5.74) is 0.159. The molecule has 102 valence electrons. The van der Waals surface area contributed by atoms with Crippen molar-refractivity contribution in [3.63, 3.8) is 0 Å². The molecule has 2 atom stereocenters. The maximum Gasteiger partial charge on any atom is 0.248 e. The van der Waals surface area contributed by atoms with Crippen LogP contribution in [-0.4, -0.2) is 18.5 Å². The first-order chi connectivity index (χ1) is 7.74. The number of halogens is 2. The van der Waals surface area contributed by atoms with E-state index < -0.39 is 5.92 Å². The molecule has 1 nitrogen and oxygen atoms in total. The highest BCUT2D eigenvalue weighted by Crippen LogP contribution is 2.44. The van der Waals surface area contributed by atoms with Crippen molar-refractivity contribution in [3.8, 4) is 0 Å². The first-order valence-electron chi connectivity index (χ1n) is 6.85. The van der Waals surface area contributed by atoms with Gasteiger partial charge in [0, 0.05) is 18.9 Å². The Balaban J connectivity index is 2.39. The zero-order valence-corrected chi connectivity index (χ0v) is 11.7. The first-order valence-corrected chi connectivity index (χ1v) is 6.85. The highest BCUT2D eigenvalue weighted by atomic mass is 19.3. The summed E-state index contributed by atoms with van der Waals surface area (Å²) in [5.74, 6) is -2.18. The van der Waals surface area contributed by atoms with Crippen LogP contribution in [0.15, 0.2) is 0 Å². The lowest BCUT2D eigenvalue weighted by Gasteiger charge is -2.31. The van der Waals surface area contributed by atoms with Crippen LogP contribution >= 0.6 is 0 Å². The van der Waals surface area contributed by atoms with E-state index >= 15 is 0 Å². The Bertz CT molecular complexity index is 238. The zero-order chi connectivity index (χ0) is 13.1. The standard InChI is InChI=1S/C14H27F2N/c1-5-17-11(2)8-13(3,4)9-12-6-7-14(15,16)10-12/h11-12,17H,5-10H2,1-4H3. The minimum Gasteiger partial charge on any atom is -0.315 e. The Morgan fingerprint density at radius 2 is 2.06 bits per heavy atom. The first kappa shape index (κ1) is 14.9. The fraction of sp³-hybridized carbons (Fsp3) is 1.00. The lowest BCUT2D eigenvalue weighted by atomic mass is 9.77. The van der Waals surface area contributed by atoms with Crippen molar-refractivity contribution in [2.24, 2.45) is 11.3 Å². The molecule has 0 saturated heterocycles. The van der Waals surface area contributed by atoms with Gasteiger partial charge in [0.05, 0.1) is 0 Å². The summed E-state index contributed by atoms with van der Waals surface area (Å²) in [7, 11) is 0. The zero-order valence-electron chi connectivity index (χ0n) is 11.7. The van der Waals surface area contributed by atoms with Gasteiger partial charge in [0.15, 0.2) is 0 Å². The van der Waals surface area contributed by atoms with Gasteiger partial charge in [-0.25, -0.2) is 8.78 Å². The van der Waals surface area contributed by atoms with E-state index in [0.717, 1.165) is 19.4 Å². The number of hydrogen-bond acceptors (Lipinski definition) is 1. The van der Waals surface area contributed by atoms with Gasteiger partial charge in [0.25, 0.3) is 0 Å². The van der Waals surface area contributed by atoms with E-state index in [9.17, 15) is 8.78 Å². The third-order valence-electron chi connectivity index (χ3n) is 3.76. The molecule has 1 N–H and O–H groups in total. The van der Waals surface area contributed by atoms with E-state index in [1.165, 1.54) is 0 Å². The molecule has 2 unspecified atom stereocenters. The van der Waals surface area contributed by atoms with Crippen LogP contribution in [-0.2, 0) is 0 Å². The van der Waals surface area contributed by atoms with Crippen LogP contribution in [0.4, 0.5) is 8.78 Å². The molecule has 0 aromatic rings. The minimum atomic E-state index is -2.39.